The molecule has 1 aromatic heterocycles. The number of Topliss-reactive ketones (excluding diaryl/α,β-unsaturated/α-hetero) is 1. The summed E-state index contributed by atoms with van der Waals surface area (Å²) in [6.07, 6.45) is -0.0506. The number of amides is 1. The number of rotatable bonds is 2. The molecular weight excluding hydrogens is 196 g/mol. The Morgan fingerprint density at radius 1 is 1.40 bits per heavy atom. The van der Waals surface area contributed by atoms with E-state index in [1.54, 1.807) is 18.2 Å². The standard InChI is InChI=1S/C10H10N2O3/c13-6-7-2-1-3-9(11-7)12-5-8(14)4-10(12)15/h1-3,13H,4-6H2. The van der Waals surface area contributed by atoms with Crippen molar-refractivity contribution >= 4 is 17.5 Å². The highest BCUT2D eigenvalue weighted by atomic mass is 16.3. The third-order valence-corrected chi connectivity index (χ3v) is 2.21. The van der Waals surface area contributed by atoms with Crippen LogP contribution in [0.2, 0.25) is 0 Å². The van der Waals surface area contributed by atoms with E-state index in [1.807, 2.05) is 0 Å². The maximum Gasteiger partial charge on any atom is 0.236 e. The topological polar surface area (TPSA) is 70.5 Å². The lowest BCUT2D eigenvalue weighted by molar-refractivity contribution is -0.121. The van der Waals surface area contributed by atoms with Crippen LogP contribution < -0.4 is 4.90 Å². The SMILES string of the molecule is O=C1CC(=O)N(c2cccc(CO)n2)C1. The number of pyridine rings is 1. The third kappa shape index (κ3) is 1.87. The quantitative estimate of drug-likeness (QED) is 0.685. The van der Waals surface area contributed by atoms with Crippen molar-refractivity contribution < 1.29 is 14.7 Å². The summed E-state index contributed by atoms with van der Waals surface area (Å²) in [5.74, 6) is 0.0937. The molecular formula is C10H10N2O3. The molecule has 1 aliphatic rings. The van der Waals surface area contributed by atoms with Gasteiger partial charge in [0, 0.05) is 0 Å². The highest BCUT2D eigenvalue weighted by Crippen LogP contribution is 2.17. The van der Waals surface area contributed by atoms with Crippen LogP contribution in [0.4, 0.5) is 5.82 Å². The fourth-order valence-corrected chi connectivity index (χ4v) is 1.50. The van der Waals surface area contributed by atoms with Crippen LogP contribution in [0.1, 0.15) is 12.1 Å². The molecule has 78 valence electrons. The molecule has 1 N–H and O–H groups in total. The summed E-state index contributed by atoms with van der Waals surface area (Å²) >= 11 is 0. The highest BCUT2D eigenvalue weighted by Gasteiger charge is 2.29. The first-order valence-corrected chi connectivity index (χ1v) is 4.59. The van der Waals surface area contributed by atoms with Gasteiger partial charge in [0.05, 0.1) is 25.3 Å². The molecule has 0 bridgehead atoms. The number of aromatic nitrogens is 1. The molecule has 0 aliphatic carbocycles. The van der Waals surface area contributed by atoms with Gasteiger partial charge in [0.25, 0.3) is 0 Å². The van der Waals surface area contributed by atoms with Crippen LogP contribution in [0, 0.1) is 0 Å². The molecule has 0 aromatic carbocycles. The van der Waals surface area contributed by atoms with Gasteiger partial charge in [-0.05, 0) is 12.1 Å². The molecule has 2 rings (SSSR count). The molecule has 15 heavy (non-hydrogen) atoms. The van der Waals surface area contributed by atoms with Crippen LogP contribution in [0.3, 0.4) is 0 Å². The van der Waals surface area contributed by atoms with Crippen LogP contribution >= 0.6 is 0 Å². The second-order valence-electron chi connectivity index (χ2n) is 3.34. The number of hydrogen-bond donors (Lipinski definition) is 1. The van der Waals surface area contributed by atoms with Crippen molar-refractivity contribution in [3.63, 3.8) is 0 Å². The summed E-state index contributed by atoms with van der Waals surface area (Å²) < 4.78 is 0. The van der Waals surface area contributed by atoms with Gasteiger partial charge in [-0.3, -0.25) is 14.5 Å². The Hall–Kier alpha value is -1.75. The van der Waals surface area contributed by atoms with Crippen molar-refractivity contribution in [1.82, 2.24) is 4.98 Å². The number of hydrogen-bond acceptors (Lipinski definition) is 4. The van der Waals surface area contributed by atoms with Crippen LogP contribution in [0.25, 0.3) is 0 Å². The van der Waals surface area contributed by atoms with Crippen molar-refractivity contribution in [3.8, 4) is 0 Å². The van der Waals surface area contributed by atoms with E-state index in [2.05, 4.69) is 4.98 Å². The number of aliphatic hydroxyl groups is 1. The summed E-state index contributed by atoms with van der Waals surface area (Å²) in [5, 5.41) is 8.89. The molecule has 2 heterocycles. The smallest absolute Gasteiger partial charge is 0.236 e. The predicted molar refractivity (Wildman–Crippen MR) is 52.1 cm³/mol. The van der Waals surface area contributed by atoms with E-state index >= 15 is 0 Å². The minimum atomic E-state index is -0.234. The van der Waals surface area contributed by atoms with Crippen molar-refractivity contribution in [3.05, 3.63) is 23.9 Å². The summed E-state index contributed by atoms with van der Waals surface area (Å²) in [4.78, 5) is 27.8. The van der Waals surface area contributed by atoms with Gasteiger partial charge in [-0.15, -0.1) is 0 Å². The van der Waals surface area contributed by atoms with Gasteiger partial charge in [0.15, 0.2) is 5.78 Å². The van der Waals surface area contributed by atoms with Gasteiger partial charge in [-0.2, -0.15) is 0 Å². The van der Waals surface area contributed by atoms with E-state index in [1.165, 1.54) is 4.90 Å². The number of nitrogens with zero attached hydrogens (tertiary/aromatic N) is 2. The average Bonchev–Trinajstić information content (AvgIpc) is 2.58. The predicted octanol–water partition coefficient (Wildman–Crippen LogP) is -0.120. The van der Waals surface area contributed by atoms with E-state index in [9.17, 15) is 9.59 Å². The number of carbonyl (C=O) groups is 2. The summed E-state index contributed by atoms with van der Waals surface area (Å²) in [6.45, 7) is -0.0927. The Kier molecular flexibility index (Phi) is 2.47. The second kappa shape index (κ2) is 3.78. The molecule has 5 heteroatoms. The van der Waals surface area contributed by atoms with Crippen molar-refractivity contribution in [2.24, 2.45) is 0 Å². The van der Waals surface area contributed by atoms with E-state index in [0.717, 1.165) is 0 Å². The first-order chi connectivity index (χ1) is 7.20. The summed E-state index contributed by atoms with van der Waals surface area (Å²) in [6, 6.07) is 5.01. The molecule has 1 aromatic rings. The fourth-order valence-electron chi connectivity index (χ4n) is 1.50. The Morgan fingerprint density at radius 2 is 2.20 bits per heavy atom. The van der Waals surface area contributed by atoms with E-state index in [-0.39, 0.29) is 31.3 Å². The number of anilines is 1. The molecule has 5 nitrogen and oxygen atoms in total. The Morgan fingerprint density at radius 3 is 2.80 bits per heavy atom. The Balaban J connectivity index is 2.29. The molecule has 1 aliphatic heterocycles. The first-order valence-electron chi connectivity index (χ1n) is 4.59. The van der Waals surface area contributed by atoms with Crippen molar-refractivity contribution in [1.29, 1.82) is 0 Å². The van der Waals surface area contributed by atoms with Crippen LogP contribution in [-0.2, 0) is 16.2 Å². The van der Waals surface area contributed by atoms with Gasteiger partial charge in [0.2, 0.25) is 5.91 Å². The fraction of sp³-hybridized carbons (Fsp3) is 0.300. The normalized spacial score (nSPS) is 16.2. The van der Waals surface area contributed by atoms with E-state index < -0.39 is 0 Å². The number of carbonyl (C=O) groups excluding carboxylic acids is 2. The zero-order valence-corrected chi connectivity index (χ0v) is 8.01. The third-order valence-electron chi connectivity index (χ3n) is 2.21. The second-order valence-corrected chi connectivity index (χ2v) is 3.34. The first kappa shape index (κ1) is 9.79. The summed E-state index contributed by atoms with van der Waals surface area (Å²) in [7, 11) is 0. The van der Waals surface area contributed by atoms with Crippen LogP contribution in [0.5, 0.6) is 0 Å². The summed E-state index contributed by atoms with van der Waals surface area (Å²) in [5.41, 5.74) is 0.486. The maximum absolute atomic E-state index is 11.4. The maximum atomic E-state index is 11.4. The minimum absolute atomic E-state index is 0.0506. The average molecular weight is 206 g/mol. The van der Waals surface area contributed by atoms with Crippen molar-refractivity contribution in [2.75, 3.05) is 11.4 Å². The number of aliphatic hydroxyl groups excluding tert-OH is 1. The lowest BCUT2D eigenvalue weighted by Gasteiger charge is -2.13. The van der Waals surface area contributed by atoms with E-state index in [0.29, 0.717) is 11.5 Å². The molecule has 0 saturated carbocycles. The van der Waals surface area contributed by atoms with E-state index in [4.69, 9.17) is 5.11 Å². The van der Waals surface area contributed by atoms with Gasteiger partial charge < -0.3 is 5.11 Å². The van der Waals surface area contributed by atoms with Gasteiger partial charge in [-0.25, -0.2) is 4.98 Å². The highest BCUT2D eigenvalue weighted by molar-refractivity contribution is 6.14. The molecule has 0 radical (unpaired) electrons. The molecule has 1 amide bonds. The van der Waals surface area contributed by atoms with Gasteiger partial charge in [-0.1, -0.05) is 6.07 Å². The molecule has 1 fully saturated rings. The van der Waals surface area contributed by atoms with Gasteiger partial charge >= 0.3 is 0 Å². The lowest BCUT2D eigenvalue weighted by Crippen LogP contribution is -2.25. The molecule has 0 atom stereocenters. The van der Waals surface area contributed by atoms with Crippen molar-refractivity contribution in [2.45, 2.75) is 13.0 Å². The Bertz CT molecular complexity index is 417. The largest absolute Gasteiger partial charge is 0.390 e. The minimum Gasteiger partial charge on any atom is -0.390 e. The molecule has 0 spiro atoms. The zero-order chi connectivity index (χ0) is 10.8. The molecule has 1 saturated heterocycles. The molecule has 0 unspecified atom stereocenters. The lowest BCUT2D eigenvalue weighted by atomic mass is 10.3. The Labute approximate surface area is 86.3 Å². The van der Waals surface area contributed by atoms with Crippen LogP contribution in [0.15, 0.2) is 18.2 Å². The monoisotopic (exact) mass is 206 g/mol. The zero-order valence-electron chi connectivity index (χ0n) is 8.01. The van der Waals surface area contributed by atoms with Crippen LogP contribution in [-0.4, -0.2) is 28.3 Å². The number of ketones is 1. The van der Waals surface area contributed by atoms with Gasteiger partial charge in [0.1, 0.15) is 5.82 Å².